The van der Waals surface area contributed by atoms with Crippen LogP contribution in [0.1, 0.15) is 22.3 Å². The summed E-state index contributed by atoms with van der Waals surface area (Å²) in [7, 11) is -3.42. The van der Waals surface area contributed by atoms with Gasteiger partial charge in [-0.1, -0.05) is 48.0 Å². The number of hydrogen-bond donors (Lipinski definition) is 0. The predicted molar refractivity (Wildman–Crippen MR) is 83.3 cm³/mol. The van der Waals surface area contributed by atoms with Gasteiger partial charge in [0, 0.05) is 5.41 Å². The van der Waals surface area contributed by atoms with Crippen LogP contribution in [0.2, 0.25) is 0 Å². The van der Waals surface area contributed by atoms with Crippen LogP contribution in [-0.4, -0.2) is 8.42 Å². The van der Waals surface area contributed by atoms with E-state index in [1.54, 1.807) is 6.08 Å². The van der Waals surface area contributed by atoms with Gasteiger partial charge in [-0.3, -0.25) is 0 Å². The highest BCUT2D eigenvalue weighted by Gasteiger charge is 2.16. The van der Waals surface area contributed by atoms with Gasteiger partial charge < -0.3 is 0 Å². The average molecular weight is 286 g/mol. The van der Waals surface area contributed by atoms with Crippen LogP contribution < -0.4 is 0 Å². The zero-order valence-electron chi connectivity index (χ0n) is 11.9. The molecule has 0 heterocycles. The zero-order chi connectivity index (χ0) is 14.8. The molecule has 0 aliphatic heterocycles. The Morgan fingerprint density at radius 3 is 2.00 bits per heavy atom. The summed E-state index contributed by atoms with van der Waals surface area (Å²) in [5.41, 5.74) is 3.53. The van der Waals surface area contributed by atoms with E-state index in [0.29, 0.717) is 4.90 Å². The molecule has 0 saturated carbocycles. The second-order valence-electron chi connectivity index (χ2n) is 4.99. The number of rotatable bonds is 3. The SMILES string of the molecule is Cc1cc(C)c(S(=O)(=O)C=Cc2ccccc2)c(C)c1. The molecule has 0 bridgehead atoms. The van der Waals surface area contributed by atoms with Crippen LogP contribution in [0.25, 0.3) is 6.08 Å². The van der Waals surface area contributed by atoms with Crippen LogP contribution in [0.3, 0.4) is 0 Å². The standard InChI is InChI=1S/C17H18O2S/c1-13-11-14(2)17(15(3)12-13)20(18,19)10-9-16-7-5-4-6-8-16/h4-12H,1-3H3. The molecule has 0 N–H and O–H groups in total. The normalized spacial score (nSPS) is 11.9. The summed E-state index contributed by atoms with van der Waals surface area (Å²) in [4.78, 5) is 0.412. The Morgan fingerprint density at radius 2 is 1.45 bits per heavy atom. The second kappa shape index (κ2) is 5.63. The molecule has 0 saturated heterocycles. The largest absolute Gasteiger partial charge is 0.219 e. The van der Waals surface area contributed by atoms with E-state index < -0.39 is 9.84 Å². The quantitative estimate of drug-likeness (QED) is 0.852. The minimum Gasteiger partial charge on any atom is -0.219 e. The van der Waals surface area contributed by atoms with Crippen molar-refractivity contribution in [1.29, 1.82) is 0 Å². The minimum absolute atomic E-state index is 0.412. The van der Waals surface area contributed by atoms with Crippen LogP contribution in [-0.2, 0) is 9.84 Å². The van der Waals surface area contributed by atoms with E-state index in [0.717, 1.165) is 22.3 Å². The zero-order valence-corrected chi connectivity index (χ0v) is 12.7. The van der Waals surface area contributed by atoms with Gasteiger partial charge in [-0.05, 0) is 43.5 Å². The van der Waals surface area contributed by atoms with Crippen molar-refractivity contribution < 1.29 is 8.42 Å². The molecule has 2 aromatic carbocycles. The molecule has 20 heavy (non-hydrogen) atoms. The topological polar surface area (TPSA) is 34.1 Å². The van der Waals surface area contributed by atoms with E-state index >= 15 is 0 Å². The molecule has 0 aliphatic carbocycles. The number of aryl methyl sites for hydroxylation is 3. The third kappa shape index (κ3) is 3.17. The van der Waals surface area contributed by atoms with Gasteiger partial charge in [0.05, 0.1) is 4.90 Å². The van der Waals surface area contributed by atoms with Crippen molar-refractivity contribution in [1.82, 2.24) is 0 Å². The van der Waals surface area contributed by atoms with Crippen molar-refractivity contribution in [2.75, 3.05) is 0 Å². The van der Waals surface area contributed by atoms with Crippen molar-refractivity contribution in [3.05, 3.63) is 70.1 Å². The van der Waals surface area contributed by atoms with Gasteiger partial charge in [0.2, 0.25) is 0 Å². The van der Waals surface area contributed by atoms with Crippen molar-refractivity contribution >= 4 is 15.9 Å². The molecule has 0 atom stereocenters. The average Bonchev–Trinajstić information content (AvgIpc) is 2.36. The summed E-state index contributed by atoms with van der Waals surface area (Å²) in [6.45, 7) is 5.64. The Kier molecular flexibility index (Phi) is 4.09. The third-order valence-electron chi connectivity index (χ3n) is 3.13. The second-order valence-corrected chi connectivity index (χ2v) is 6.76. The van der Waals surface area contributed by atoms with E-state index in [1.807, 2.05) is 63.2 Å². The summed E-state index contributed by atoms with van der Waals surface area (Å²) in [6, 6.07) is 13.2. The fraction of sp³-hybridized carbons (Fsp3) is 0.176. The first-order chi connectivity index (χ1) is 9.40. The Balaban J connectivity index is 2.44. The van der Waals surface area contributed by atoms with Crippen LogP contribution in [0.5, 0.6) is 0 Å². The molecule has 0 amide bonds. The Morgan fingerprint density at radius 1 is 0.900 bits per heavy atom. The molecule has 0 unspecified atom stereocenters. The maximum Gasteiger partial charge on any atom is 0.200 e. The first kappa shape index (κ1) is 14.5. The van der Waals surface area contributed by atoms with E-state index in [2.05, 4.69) is 0 Å². The van der Waals surface area contributed by atoms with Crippen molar-refractivity contribution in [3.63, 3.8) is 0 Å². The van der Waals surface area contributed by atoms with Gasteiger partial charge in [0.15, 0.2) is 9.84 Å². The fourth-order valence-corrected chi connectivity index (χ4v) is 3.90. The van der Waals surface area contributed by atoms with Crippen molar-refractivity contribution in [3.8, 4) is 0 Å². The molecule has 2 rings (SSSR count). The summed E-state index contributed by atoms with van der Waals surface area (Å²) >= 11 is 0. The van der Waals surface area contributed by atoms with Crippen molar-refractivity contribution in [2.24, 2.45) is 0 Å². The molecule has 0 spiro atoms. The van der Waals surface area contributed by atoms with Crippen LogP contribution in [0.15, 0.2) is 52.8 Å². The first-order valence-corrected chi connectivity index (χ1v) is 8.01. The lowest BCUT2D eigenvalue weighted by Crippen LogP contribution is -2.02. The number of hydrogen-bond acceptors (Lipinski definition) is 2. The van der Waals surface area contributed by atoms with E-state index in [4.69, 9.17) is 0 Å². The predicted octanol–water partition coefficient (Wildman–Crippen LogP) is 4.06. The molecule has 2 aromatic rings. The van der Waals surface area contributed by atoms with E-state index in [9.17, 15) is 8.42 Å². The smallest absolute Gasteiger partial charge is 0.200 e. The molecular weight excluding hydrogens is 268 g/mol. The Hall–Kier alpha value is -1.87. The van der Waals surface area contributed by atoms with Crippen LogP contribution in [0.4, 0.5) is 0 Å². The van der Waals surface area contributed by atoms with Crippen molar-refractivity contribution in [2.45, 2.75) is 25.7 Å². The fourth-order valence-electron chi connectivity index (χ4n) is 2.42. The van der Waals surface area contributed by atoms with Gasteiger partial charge in [-0.15, -0.1) is 0 Å². The molecule has 0 radical (unpaired) electrons. The van der Waals surface area contributed by atoms with Gasteiger partial charge in [-0.25, -0.2) is 8.42 Å². The first-order valence-electron chi connectivity index (χ1n) is 6.46. The van der Waals surface area contributed by atoms with Crippen LogP contribution in [0, 0.1) is 20.8 Å². The Bertz CT molecular complexity index is 719. The molecule has 2 nitrogen and oxygen atoms in total. The van der Waals surface area contributed by atoms with Gasteiger partial charge in [0.25, 0.3) is 0 Å². The van der Waals surface area contributed by atoms with E-state index in [-0.39, 0.29) is 0 Å². The lowest BCUT2D eigenvalue weighted by atomic mass is 10.1. The van der Waals surface area contributed by atoms with Gasteiger partial charge in [-0.2, -0.15) is 0 Å². The number of sulfone groups is 1. The summed E-state index contributed by atoms with van der Waals surface area (Å²) in [5, 5.41) is 1.28. The maximum absolute atomic E-state index is 12.5. The molecular formula is C17H18O2S. The Labute approximate surface area is 120 Å². The lowest BCUT2D eigenvalue weighted by molar-refractivity contribution is 0.603. The lowest BCUT2D eigenvalue weighted by Gasteiger charge is -2.09. The highest BCUT2D eigenvalue weighted by Crippen LogP contribution is 2.24. The third-order valence-corrected chi connectivity index (χ3v) is 4.84. The molecule has 0 aliphatic rings. The summed E-state index contributed by atoms with van der Waals surface area (Å²) in [6.07, 6.45) is 1.63. The van der Waals surface area contributed by atoms with Crippen LogP contribution >= 0.6 is 0 Å². The van der Waals surface area contributed by atoms with Gasteiger partial charge in [0.1, 0.15) is 0 Å². The highest BCUT2D eigenvalue weighted by molar-refractivity contribution is 7.94. The molecule has 104 valence electrons. The monoisotopic (exact) mass is 286 g/mol. The number of benzene rings is 2. The molecule has 0 aromatic heterocycles. The maximum atomic E-state index is 12.5. The minimum atomic E-state index is -3.42. The van der Waals surface area contributed by atoms with E-state index in [1.165, 1.54) is 5.41 Å². The highest BCUT2D eigenvalue weighted by atomic mass is 32.2. The molecule has 3 heteroatoms. The molecule has 0 fully saturated rings. The van der Waals surface area contributed by atoms with Gasteiger partial charge >= 0.3 is 0 Å². The summed E-state index contributed by atoms with van der Waals surface area (Å²) in [5.74, 6) is 0. The summed E-state index contributed by atoms with van der Waals surface area (Å²) < 4.78 is 24.9.